The molecule has 0 aliphatic carbocycles. The first kappa shape index (κ1) is 30.1. The predicted molar refractivity (Wildman–Crippen MR) is 216 cm³/mol. The Kier molecular flexibility index (Phi) is 6.69. The number of benzene rings is 6. The monoisotopic (exact) mass is 694 g/mol. The average molecular weight is 695 g/mol. The molecule has 0 radical (unpaired) electrons. The molecule has 0 atom stereocenters. The number of rotatable bonds is 6. The number of aromatic nitrogens is 8. The lowest BCUT2D eigenvalue weighted by Crippen LogP contribution is -2.08. The molecule has 0 spiro atoms. The first-order chi connectivity index (χ1) is 26.8. The van der Waals surface area contributed by atoms with Crippen molar-refractivity contribution < 1.29 is 0 Å². The smallest absolute Gasteiger partial charge is 0.221 e. The van der Waals surface area contributed by atoms with E-state index in [2.05, 4.69) is 164 Å². The van der Waals surface area contributed by atoms with Crippen LogP contribution in [-0.2, 0) is 0 Å². The fourth-order valence-electron chi connectivity index (χ4n) is 7.75. The van der Waals surface area contributed by atoms with Crippen LogP contribution in [0, 0.1) is 0 Å². The molecule has 54 heavy (non-hydrogen) atoms. The summed E-state index contributed by atoms with van der Waals surface area (Å²) >= 11 is 0. The SMILES string of the molecule is c1ccc(-c2cnc(-n3c4ccccc4c4nc5c(nc43)c3ccccc3n5-c3ncc(-c4ccccc4)n3-c3ccccc3)n2-c2ccccc2)cc1. The molecule has 0 aliphatic heterocycles. The minimum Gasteiger partial charge on any atom is -0.278 e. The average Bonchev–Trinajstić information content (AvgIpc) is 4.02. The van der Waals surface area contributed by atoms with Gasteiger partial charge in [-0.15, -0.1) is 0 Å². The zero-order chi connectivity index (χ0) is 35.6. The number of nitrogens with zero attached hydrogens (tertiary/aromatic N) is 8. The van der Waals surface area contributed by atoms with Gasteiger partial charge in [-0.1, -0.05) is 133 Å². The Bertz CT molecular complexity index is 2920. The minimum absolute atomic E-state index is 0.727. The third-order valence-corrected chi connectivity index (χ3v) is 10.1. The van der Waals surface area contributed by atoms with Gasteiger partial charge in [-0.3, -0.25) is 18.3 Å². The summed E-state index contributed by atoms with van der Waals surface area (Å²) in [5, 5.41) is 1.97. The highest BCUT2D eigenvalue weighted by molar-refractivity contribution is 6.12. The molecular weight excluding hydrogens is 665 g/mol. The zero-order valence-corrected chi connectivity index (χ0v) is 28.9. The van der Waals surface area contributed by atoms with Gasteiger partial charge in [-0.2, -0.15) is 0 Å². The van der Waals surface area contributed by atoms with Crippen LogP contribution in [-0.4, -0.2) is 38.2 Å². The summed E-state index contributed by atoms with van der Waals surface area (Å²) in [6.07, 6.45) is 3.90. The van der Waals surface area contributed by atoms with Gasteiger partial charge in [-0.25, -0.2) is 19.9 Å². The molecule has 0 saturated carbocycles. The van der Waals surface area contributed by atoms with Crippen LogP contribution in [0.1, 0.15) is 0 Å². The maximum Gasteiger partial charge on any atom is 0.221 e. The first-order valence-corrected chi connectivity index (χ1v) is 17.9. The van der Waals surface area contributed by atoms with E-state index in [-0.39, 0.29) is 0 Å². The van der Waals surface area contributed by atoms with Gasteiger partial charge >= 0.3 is 0 Å². The molecule has 0 unspecified atom stereocenters. The molecule has 0 amide bonds. The molecule has 0 bridgehead atoms. The van der Waals surface area contributed by atoms with E-state index in [1.165, 1.54) is 0 Å². The van der Waals surface area contributed by atoms with Crippen LogP contribution < -0.4 is 0 Å². The molecule has 8 nitrogen and oxygen atoms in total. The van der Waals surface area contributed by atoms with E-state index < -0.39 is 0 Å². The lowest BCUT2D eigenvalue weighted by Gasteiger charge is -2.14. The molecule has 0 aliphatic rings. The second-order valence-electron chi connectivity index (χ2n) is 13.2. The minimum atomic E-state index is 0.727. The van der Waals surface area contributed by atoms with Crippen LogP contribution in [0.2, 0.25) is 0 Å². The van der Waals surface area contributed by atoms with E-state index in [1.807, 2.05) is 36.7 Å². The fourth-order valence-corrected chi connectivity index (χ4v) is 7.75. The Hall–Kier alpha value is -7.58. The van der Waals surface area contributed by atoms with Gasteiger partial charge in [0, 0.05) is 33.3 Å². The summed E-state index contributed by atoms with van der Waals surface area (Å²) in [5.41, 5.74) is 11.1. The molecule has 5 heterocycles. The van der Waals surface area contributed by atoms with Gasteiger partial charge in [0.15, 0.2) is 11.3 Å². The molecule has 5 aromatic heterocycles. The highest BCUT2D eigenvalue weighted by atomic mass is 15.3. The molecule has 0 N–H and O–H groups in total. The number of imidazole rings is 2. The summed E-state index contributed by atoms with van der Waals surface area (Å²) in [5.74, 6) is 1.46. The van der Waals surface area contributed by atoms with Gasteiger partial charge in [-0.05, 0) is 36.4 Å². The molecule has 11 rings (SSSR count). The fraction of sp³-hybridized carbons (Fsp3) is 0. The van der Waals surface area contributed by atoms with E-state index in [1.54, 1.807) is 0 Å². The number of hydrogen-bond acceptors (Lipinski definition) is 4. The van der Waals surface area contributed by atoms with Gasteiger partial charge in [0.25, 0.3) is 0 Å². The Labute approximate surface area is 309 Å². The molecule has 8 heteroatoms. The van der Waals surface area contributed by atoms with Crippen LogP contribution in [0.3, 0.4) is 0 Å². The second kappa shape index (κ2) is 12.0. The quantitative estimate of drug-likeness (QED) is 0.174. The Morgan fingerprint density at radius 3 is 1.09 bits per heavy atom. The van der Waals surface area contributed by atoms with E-state index in [4.69, 9.17) is 19.9 Å². The standard InChI is InChI=1S/C46H30N8/c1-5-17-31(18-6-1)39-29-47-45(51(39)33-21-9-3-10-22-33)53-37-27-15-13-25-35(37)41-43(53)49-42-36-26-14-16-28-38(36)54(44(42)50-41)46-48-30-40(32-19-7-2-8-20-32)52(46)34-23-11-4-12-24-34/h1-30H. The van der Waals surface area contributed by atoms with E-state index in [0.717, 1.165) is 89.9 Å². The van der Waals surface area contributed by atoms with Crippen LogP contribution in [0.4, 0.5) is 0 Å². The Balaban J connectivity index is 1.24. The first-order valence-electron chi connectivity index (χ1n) is 17.9. The number of fused-ring (bicyclic) bond motifs is 6. The van der Waals surface area contributed by atoms with Gasteiger partial charge in [0.1, 0.15) is 11.0 Å². The van der Waals surface area contributed by atoms with Crippen LogP contribution >= 0.6 is 0 Å². The van der Waals surface area contributed by atoms with Gasteiger partial charge in [0.05, 0.1) is 34.8 Å². The highest BCUT2D eigenvalue weighted by Crippen LogP contribution is 2.38. The largest absolute Gasteiger partial charge is 0.278 e. The van der Waals surface area contributed by atoms with E-state index >= 15 is 0 Å². The van der Waals surface area contributed by atoms with Gasteiger partial charge < -0.3 is 0 Å². The second-order valence-corrected chi connectivity index (χ2v) is 13.2. The lowest BCUT2D eigenvalue weighted by molar-refractivity contribution is 0.926. The summed E-state index contributed by atoms with van der Waals surface area (Å²) in [7, 11) is 0. The van der Waals surface area contributed by atoms with Gasteiger partial charge in [0.2, 0.25) is 11.9 Å². The number of hydrogen-bond donors (Lipinski definition) is 0. The Morgan fingerprint density at radius 1 is 0.333 bits per heavy atom. The van der Waals surface area contributed by atoms with E-state index in [0.29, 0.717) is 0 Å². The van der Waals surface area contributed by atoms with Crippen molar-refractivity contribution in [1.82, 2.24) is 38.2 Å². The van der Waals surface area contributed by atoms with Crippen molar-refractivity contribution in [2.45, 2.75) is 0 Å². The van der Waals surface area contributed by atoms with Crippen molar-refractivity contribution in [1.29, 1.82) is 0 Å². The zero-order valence-electron chi connectivity index (χ0n) is 28.9. The molecule has 11 aromatic rings. The van der Waals surface area contributed by atoms with Crippen molar-refractivity contribution in [3.8, 4) is 45.8 Å². The van der Waals surface area contributed by atoms with Crippen molar-refractivity contribution in [2.75, 3.05) is 0 Å². The predicted octanol–water partition coefficient (Wildman–Crippen LogP) is 10.4. The molecule has 0 fully saturated rings. The third-order valence-electron chi connectivity index (χ3n) is 10.1. The number of para-hydroxylation sites is 4. The van der Waals surface area contributed by atoms with Crippen LogP contribution in [0.25, 0.3) is 89.9 Å². The molecule has 254 valence electrons. The van der Waals surface area contributed by atoms with Crippen LogP contribution in [0.5, 0.6) is 0 Å². The van der Waals surface area contributed by atoms with Crippen molar-refractivity contribution >= 4 is 44.1 Å². The van der Waals surface area contributed by atoms with Crippen LogP contribution in [0.15, 0.2) is 182 Å². The van der Waals surface area contributed by atoms with Crippen molar-refractivity contribution in [3.05, 3.63) is 182 Å². The normalized spacial score (nSPS) is 11.7. The van der Waals surface area contributed by atoms with Crippen molar-refractivity contribution in [3.63, 3.8) is 0 Å². The summed E-state index contributed by atoms with van der Waals surface area (Å²) < 4.78 is 8.72. The molecule has 6 aromatic carbocycles. The molecular formula is C46H30N8. The summed E-state index contributed by atoms with van der Waals surface area (Å²) in [6, 6.07) is 58.2. The Morgan fingerprint density at radius 2 is 0.685 bits per heavy atom. The summed E-state index contributed by atoms with van der Waals surface area (Å²) in [6.45, 7) is 0. The summed E-state index contributed by atoms with van der Waals surface area (Å²) in [4.78, 5) is 21.3. The maximum atomic E-state index is 5.54. The maximum absolute atomic E-state index is 5.54. The highest BCUT2D eigenvalue weighted by Gasteiger charge is 2.26. The van der Waals surface area contributed by atoms with Crippen molar-refractivity contribution in [2.24, 2.45) is 0 Å². The topological polar surface area (TPSA) is 71.3 Å². The third kappa shape index (κ3) is 4.50. The van der Waals surface area contributed by atoms with E-state index in [9.17, 15) is 0 Å². The molecule has 0 saturated heterocycles. The lowest BCUT2D eigenvalue weighted by atomic mass is 10.1.